The molecule has 2 rings (SSSR count). The molecule has 31 heavy (non-hydrogen) atoms. The lowest BCUT2D eigenvalue weighted by Crippen LogP contribution is -2.67. The van der Waals surface area contributed by atoms with E-state index in [-0.39, 0.29) is 5.56 Å². The van der Waals surface area contributed by atoms with Crippen molar-refractivity contribution in [3.8, 4) is 0 Å². The van der Waals surface area contributed by atoms with Crippen molar-refractivity contribution in [1.29, 1.82) is 0 Å². The number of imide groups is 1. The molecule has 2 amide bonds. The fraction of sp³-hybridized carbons (Fsp3) is 0.500. The van der Waals surface area contributed by atoms with Crippen molar-refractivity contribution in [1.82, 2.24) is 4.90 Å². The Morgan fingerprint density at radius 3 is 2.10 bits per heavy atom. The molecule has 1 heterocycles. The van der Waals surface area contributed by atoms with Crippen LogP contribution >= 0.6 is 0 Å². The second-order valence-electron chi connectivity index (χ2n) is 8.75. The molecule has 9 nitrogen and oxygen atoms in total. The number of benzene rings is 1. The average Bonchev–Trinajstić information content (AvgIpc) is 2.86. The summed E-state index contributed by atoms with van der Waals surface area (Å²) in [5, 5.41) is 10.2. The van der Waals surface area contributed by atoms with Crippen LogP contribution in [-0.2, 0) is 23.9 Å². The highest BCUT2D eigenvalue weighted by molar-refractivity contribution is 6.26. The second-order valence-corrected chi connectivity index (χ2v) is 8.75. The third kappa shape index (κ3) is 4.30. The minimum absolute atomic E-state index is 0.127. The summed E-state index contributed by atoms with van der Waals surface area (Å²) in [5.74, 6) is -6.90. The van der Waals surface area contributed by atoms with Gasteiger partial charge in [-0.3, -0.25) is 9.59 Å². The number of carbonyl (C=O) groups is 5. The van der Waals surface area contributed by atoms with Gasteiger partial charge in [-0.2, -0.15) is 0 Å². The minimum atomic E-state index is -2.75. The summed E-state index contributed by atoms with van der Waals surface area (Å²) in [6.07, 6.45) is -2.94. The van der Waals surface area contributed by atoms with Gasteiger partial charge in [0.1, 0.15) is 11.7 Å². The summed E-state index contributed by atoms with van der Waals surface area (Å²) in [5.41, 5.74) is -3.69. The van der Waals surface area contributed by atoms with Crippen LogP contribution in [0.2, 0.25) is 0 Å². The molecule has 0 saturated carbocycles. The molecule has 1 aliphatic heterocycles. The number of ketones is 1. The van der Waals surface area contributed by atoms with E-state index in [1.807, 2.05) is 0 Å². The van der Waals surface area contributed by atoms with Crippen LogP contribution in [0.25, 0.3) is 0 Å². The first-order chi connectivity index (χ1) is 14.2. The highest BCUT2D eigenvalue weighted by Crippen LogP contribution is 2.40. The van der Waals surface area contributed by atoms with Crippen molar-refractivity contribution >= 4 is 29.7 Å². The third-order valence-corrected chi connectivity index (χ3v) is 4.88. The van der Waals surface area contributed by atoms with E-state index in [9.17, 15) is 29.1 Å². The second kappa shape index (κ2) is 8.49. The topological polar surface area (TPSA) is 127 Å². The minimum Gasteiger partial charge on any atom is -0.479 e. The molecule has 1 N–H and O–H groups in total. The Bertz CT molecular complexity index is 902. The number of esters is 1. The van der Waals surface area contributed by atoms with E-state index in [1.54, 1.807) is 18.2 Å². The van der Waals surface area contributed by atoms with Crippen molar-refractivity contribution in [3.63, 3.8) is 0 Å². The van der Waals surface area contributed by atoms with E-state index in [1.165, 1.54) is 53.7 Å². The molecule has 1 saturated heterocycles. The van der Waals surface area contributed by atoms with Crippen LogP contribution in [0.1, 0.15) is 51.9 Å². The van der Waals surface area contributed by atoms with Gasteiger partial charge in [0.05, 0.1) is 11.5 Å². The molecule has 0 radical (unpaired) electrons. The van der Waals surface area contributed by atoms with Crippen molar-refractivity contribution in [3.05, 3.63) is 35.9 Å². The number of hydrogen-bond donors (Lipinski definition) is 1. The summed E-state index contributed by atoms with van der Waals surface area (Å²) in [4.78, 5) is 64.5. The van der Waals surface area contributed by atoms with Gasteiger partial charge in [0, 0.05) is 0 Å². The van der Waals surface area contributed by atoms with Crippen molar-refractivity contribution in [2.24, 2.45) is 11.8 Å². The molecule has 0 unspecified atom stereocenters. The van der Waals surface area contributed by atoms with Gasteiger partial charge in [-0.05, 0) is 45.7 Å². The number of rotatable bonds is 5. The van der Waals surface area contributed by atoms with Crippen LogP contribution in [0.5, 0.6) is 0 Å². The normalized spacial score (nSPS) is 22.4. The van der Waals surface area contributed by atoms with Crippen LogP contribution in [0.3, 0.4) is 0 Å². The number of carboxylic acids is 1. The Labute approximate surface area is 180 Å². The Kier molecular flexibility index (Phi) is 6.58. The van der Waals surface area contributed by atoms with Crippen LogP contribution in [0, 0.1) is 11.8 Å². The summed E-state index contributed by atoms with van der Waals surface area (Å²) >= 11 is 0. The van der Waals surface area contributed by atoms with E-state index < -0.39 is 58.8 Å². The number of Topliss-reactive ketones (excluding diaryl/α,β-unsaturated/α-hetero) is 1. The van der Waals surface area contributed by atoms with Gasteiger partial charge in [-0.15, -0.1) is 0 Å². The number of nitrogens with zero attached hydrogens (tertiary/aromatic N) is 1. The summed E-state index contributed by atoms with van der Waals surface area (Å²) in [6, 6.07) is 7.78. The van der Waals surface area contributed by atoms with Crippen LogP contribution in [-0.4, -0.2) is 57.0 Å². The fourth-order valence-electron chi connectivity index (χ4n) is 3.51. The standard InChI is InChI=1S/C22H27NO8/c1-12(2)16(30-18(26)14-10-8-7-9-11-14)22(19(27)28)15(24)13(3)17(25)23(22)20(29)31-21(4,5)6/h7-13,16H,1-6H3,(H,27,28)/t13-,16+,22+/m1/s1. The molecule has 3 atom stereocenters. The van der Waals surface area contributed by atoms with Crippen LogP contribution in [0.4, 0.5) is 4.79 Å². The summed E-state index contributed by atoms with van der Waals surface area (Å²) in [7, 11) is 0. The zero-order valence-electron chi connectivity index (χ0n) is 18.4. The van der Waals surface area contributed by atoms with Crippen molar-refractivity contribution in [2.45, 2.75) is 58.8 Å². The smallest absolute Gasteiger partial charge is 0.418 e. The maximum atomic E-state index is 13.2. The molecule has 0 aliphatic carbocycles. The predicted octanol–water partition coefficient (Wildman–Crippen LogP) is 2.67. The molecule has 1 aromatic carbocycles. The SMILES string of the molecule is CC(C)[C@H](OC(=O)c1ccccc1)[C@]1(C(=O)O)C(=O)[C@@H](C)C(=O)N1C(=O)OC(C)(C)C. The highest BCUT2D eigenvalue weighted by Gasteiger charge is 2.70. The first-order valence-corrected chi connectivity index (χ1v) is 9.86. The maximum Gasteiger partial charge on any atom is 0.418 e. The van der Waals surface area contributed by atoms with Gasteiger partial charge in [0.2, 0.25) is 11.4 Å². The Balaban J connectivity index is 2.64. The number of amides is 2. The molecule has 1 aromatic rings. The quantitative estimate of drug-likeness (QED) is 0.555. The number of carbonyl (C=O) groups excluding carboxylic acids is 4. The number of likely N-dealkylation sites (tertiary alicyclic amines) is 1. The van der Waals surface area contributed by atoms with Crippen LogP contribution < -0.4 is 0 Å². The lowest BCUT2D eigenvalue weighted by molar-refractivity contribution is -0.167. The number of aliphatic carboxylic acids is 1. The van der Waals surface area contributed by atoms with E-state index in [4.69, 9.17) is 9.47 Å². The van der Waals surface area contributed by atoms with Gasteiger partial charge in [-0.1, -0.05) is 32.0 Å². The molecule has 1 aliphatic rings. The number of carboxylic acid groups (broad SMARTS) is 1. The zero-order valence-corrected chi connectivity index (χ0v) is 18.4. The van der Waals surface area contributed by atoms with E-state index in [2.05, 4.69) is 0 Å². The summed E-state index contributed by atoms with van der Waals surface area (Å²) in [6.45, 7) is 8.88. The summed E-state index contributed by atoms with van der Waals surface area (Å²) < 4.78 is 10.7. The predicted molar refractivity (Wildman–Crippen MR) is 108 cm³/mol. The Morgan fingerprint density at radius 2 is 1.65 bits per heavy atom. The molecule has 1 fully saturated rings. The first kappa shape index (κ1) is 24.0. The van der Waals surface area contributed by atoms with E-state index >= 15 is 0 Å². The molecule has 0 spiro atoms. The van der Waals surface area contributed by atoms with Gasteiger partial charge in [0.25, 0.3) is 0 Å². The third-order valence-electron chi connectivity index (χ3n) is 4.88. The molecular weight excluding hydrogens is 406 g/mol. The molecule has 9 heteroatoms. The Hall–Kier alpha value is -3.23. The van der Waals surface area contributed by atoms with E-state index in [0.717, 1.165) is 0 Å². The maximum absolute atomic E-state index is 13.2. The lowest BCUT2D eigenvalue weighted by atomic mass is 9.80. The molecule has 0 aromatic heterocycles. The van der Waals surface area contributed by atoms with Gasteiger partial charge < -0.3 is 14.6 Å². The zero-order chi connectivity index (χ0) is 23.7. The van der Waals surface area contributed by atoms with Gasteiger partial charge >= 0.3 is 18.0 Å². The highest BCUT2D eigenvalue weighted by atomic mass is 16.6. The monoisotopic (exact) mass is 433 g/mol. The fourth-order valence-corrected chi connectivity index (χ4v) is 3.51. The van der Waals surface area contributed by atoms with Crippen LogP contribution in [0.15, 0.2) is 30.3 Å². The van der Waals surface area contributed by atoms with E-state index in [0.29, 0.717) is 4.90 Å². The number of ether oxygens (including phenoxy) is 2. The molecular formula is C22H27NO8. The number of hydrogen-bond acceptors (Lipinski definition) is 7. The average molecular weight is 433 g/mol. The van der Waals surface area contributed by atoms with Gasteiger partial charge in [-0.25, -0.2) is 19.3 Å². The van der Waals surface area contributed by atoms with Gasteiger partial charge in [0.15, 0.2) is 5.78 Å². The largest absolute Gasteiger partial charge is 0.479 e. The molecule has 168 valence electrons. The van der Waals surface area contributed by atoms with Crippen molar-refractivity contribution in [2.75, 3.05) is 0 Å². The molecule has 0 bridgehead atoms. The Morgan fingerprint density at radius 1 is 1.10 bits per heavy atom. The van der Waals surface area contributed by atoms with Crippen molar-refractivity contribution < 1.29 is 38.6 Å². The lowest BCUT2D eigenvalue weighted by Gasteiger charge is -2.39. The first-order valence-electron chi connectivity index (χ1n) is 9.86.